The average molecular weight is 307 g/mol. The highest BCUT2D eigenvalue weighted by atomic mass is 32.1. The van der Waals surface area contributed by atoms with Crippen molar-refractivity contribution < 1.29 is 0 Å². The van der Waals surface area contributed by atoms with Gasteiger partial charge in [-0.25, -0.2) is 15.0 Å². The lowest BCUT2D eigenvalue weighted by Gasteiger charge is -2.21. The van der Waals surface area contributed by atoms with Crippen molar-refractivity contribution in [2.75, 3.05) is 13.6 Å². The third-order valence-corrected chi connectivity index (χ3v) is 3.76. The van der Waals surface area contributed by atoms with Gasteiger partial charge in [0.25, 0.3) is 0 Å². The first-order chi connectivity index (χ1) is 10.1. The second kappa shape index (κ2) is 7.16. The summed E-state index contributed by atoms with van der Waals surface area (Å²) in [4.78, 5) is 15.3. The van der Waals surface area contributed by atoms with Gasteiger partial charge in [0, 0.05) is 26.0 Å². The fourth-order valence-corrected chi connectivity index (χ4v) is 2.48. The third kappa shape index (κ3) is 4.25. The lowest BCUT2D eigenvalue weighted by molar-refractivity contribution is 0.470. The van der Waals surface area contributed by atoms with Crippen molar-refractivity contribution in [1.82, 2.24) is 30.0 Å². The number of nitrogens with zero attached hydrogens (tertiary/aromatic N) is 6. The molecule has 2 heterocycles. The minimum absolute atomic E-state index is 0.499. The zero-order valence-corrected chi connectivity index (χ0v) is 13.7. The van der Waals surface area contributed by atoms with Crippen molar-refractivity contribution in [3.63, 3.8) is 0 Å². The molecule has 0 fully saturated rings. The first-order valence-electron chi connectivity index (χ1n) is 6.83. The Balaban J connectivity index is 2.04. The van der Waals surface area contributed by atoms with Crippen molar-refractivity contribution in [3.8, 4) is 0 Å². The summed E-state index contributed by atoms with van der Waals surface area (Å²) < 4.78 is 1.73. The van der Waals surface area contributed by atoms with E-state index < -0.39 is 0 Å². The van der Waals surface area contributed by atoms with Gasteiger partial charge in [-0.1, -0.05) is 0 Å². The monoisotopic (exact) mass is 307 g/mol. The number of guanidine groups is 1. The number of rotatable bonds is 5. The zero-order chi connectivity index (χ0) is 15.2. The van der Waals surface area contributed by atoms with E-state index in [1.54, 1.807) is 22.3 Å². The number of aromatic nitrogens is 4. The normalized spacial score (nSPS) is 11.7. The highest BCUT2D eigenvalue weighted by Crippen LogP contribution is 2.10. The van der Waals surface area contributed by atoms with Crippen LogP contribution < -0.4 is 5.32 Å². The Morgan fingerprint density at radius 2 is 2.33 bits per heavy atom. The van der Waals surface area contributed by atoms with Crippen molar-refractivity contribution in [1.29, 1.82) is 0 Å². The van der Waals surface area contributed by atoms with Crippen LogP contribution in [0.15, 0.2) is 16.7 Å². The molecule has 0 atom stereocenters. The highest BCUT2D eigenvalue weighted by Gasteiger charge is 2.09. The molecule has 0 aliphatic rings. The third-order valence-electron chi connectivity index (χ3n) is 2.94. The minimum Gasteiger partial charge on any atom is -0.357 e. The molecule has 0 saturated carbocycles. The van der Waals surface area contributed by atoms with Crippen LogP contribution in [-0.4, -0.2) is 44.2 Å². The predicted molar refractivity (Wildman–Crippen MR) is 84.1 cm³/mol. The molecule has 114 valence electrons. The number of nitrogens with one attached hydrogen (secondary N) is 1. The Hall–Kier alpha value is -1.96. The first-order valence-corrected chi connectivity index (χ1v) is 7.71. The maximum atomic E-state index is 4.60. The zero-order valence-electron chi connectivity index (χ0n) is 12.9. The van der Waals surface area contributed by atoms with Gasteiger partial charge in [0.15, 0.2) is 5.96 Å². The molecule has 0 radical (unpaired) electrons. The predicted octanol–water partition coefficient (Wildman–Crippen LogP) is 1.18. The molecular weight excluding hydrogens is 286 g/mol. The molecule has 7 nitrogen and oxygen atoms in total. The topological polar surface area (TPSA) is 71.2 Å². The standard InChI is InChI=1S/C13H21N7S/c1-5-14-13(15-6-12-16-9-17-20(12)4)19(3)7-11-8-21-10(2)18-11/h8-9H,5-7H2,1-4H3,(H,14,15). The van der Waals surface area contributed by atoms with E-state index in [2.05, 4.69) is 42.6 Å². The summed E-state index contributed by atoms with van der Waals surface area (Å²) in [6, 6.07) is 0. The van der Waals surface area contributed by atoms with Crippen molar-refractivity contribution in [2.24, 2.45) is 12.0 Å². The van der Waals surface area contributed by atoms with E-state index in [1.165, 1.54) is 0 Å². The quantitative estimate of drug-likeness (QED) is 0.663. The van der Waals surface area contributed by atoms with Gasteiger partial charge in [-0.15, -0.1) is 11.3 Å². The average Bonchev–Trinajstić information content (AvgIpc) is 3.03. The highest BCUT2D eigenvalue weighted by molar-refractivity contribution is 7.09. The van der Waals surface area contributed by atoms with Gasteiger partial charge < -0.3 is 10.2 Å². The first kappa shape index (κ1) is 15.4. The summed E-state index contributed by atoms with van der Waals surface area (Å²) in [6.07, 6.45) is 1.54. The second-order valence-electron chi connectivity index (χ2n) is 4.68. The van der Waals surface area contributed by atoms with Crippen LogP contribution in [0.5, 0.6) is 0 Å². The molecule has 2 aromatic heterocycles. The van der Waals surface area contributed by atoms with Crippen LogP contribution in [0, 0.1) is 6.92 Å². The van der Waals surface area contributed by atoms with E-state index in [1.807, 2.05) is 21.0 Å². The van der Waals surface area contributed by atoms with Crippen LogP contribution in [0.3, 0.4) is 0 Å². The van der Waals surface area contributed by atoms with Gasteiger partial charge in [0.05, 0.1) is 17.2 Å². The molecule has 0 aromatic carbocycles. The van der Waals surface area contributed by atoms with Crippen LogP contribution in [0.1, 0.15) is 23.4 Å². The molecule has 21 heavy (non-hydrogen) atoms. The van der Waals surface area contributed by atoms with Crippen molar-refractivity contribution in [2.45, 2.75) is 26.9 Å². The Kier molecular flexibility index (Phi) is 5.26. The van der Waals surface area contributed by atoms with E-state index >= 15 is 0 Å². The Bertz CT molecular complexity index is 601. The fraction of sp³-hybridized carbons (Fsp3) is 0.538. The molecular formula is C13H21N7S. The Morgan fingerprint density at radius 3 is 2.90 bits per heavy atom. The maximum Gasteiger partial charge on any atom is 0.194 e. The van der Waals surface area contributed by atoms with E-state index in [4.69, 9.17) is 0 Å². The summed E-state index contributed by atoms with van der Waals surface area (Å²) in [5, 5.41) is 10.5. The number of hydrogen-bond acceptors (Lipinski definition) is 5. The largest absolute Gasteiger partial charge is 0.357 e. The van der Waals surface area contributed by atoms with E-state index in [-0.39, 0.29) is 0 Å². The lowest BCUT2D eigenvalue weighted by Crippen LogP contribution is -2.38. The van der Waals surface area contributed by atoms with Crippen LogP contribution in [0.25, 0.3) is 0 Å². The second-order valence-corrected chi connectivity index (χ2v) is 5.75. The smallest absolute Gasteiger partial charge is 0.194 e. The molecule has 0 bridgehead atoms. The Labute approximate surface area is 128 Å². The molecule has 2 aromatic rings. The molecule has 1 N–H and O–H groups in total. The molecule has 0 aliphatic carbocycles. The van der Waals surface area contributed by atoms with Crippen LogP contribution in [-0.2, 0) is 20.1 Å². The summed E-state index contributed by atoms with van der Waals surface area (Å²) in [5.74, 6) is 1.68. The lowest BCUT2D eigenvalue weighted by atomic mass is 10.4. The summed E-state index contributed by atoms with van der Waals surface area (Å²) in [6.45, 7) is 6.12. The van der Waals surface area contributed by atoms with E-state index in [0.29, 0.717) is 6.54 Å². The van der Waals surface area contributed by atoms with Gasteiger partial charge in [-0.2, -0.15) is 5.10 Å². The van der Waals surface area contributed by atoms with Gasteiger partial charge in [0.1, 0.15) is 18.7 Å². The number of hydrogen-bond donors (Lipinski definition) is 1. The molecule has 8 heteroatoms. The number of aryl methyl sites for hydroxylation is 2. The molecule has 0 unspecified atom stereocenters. The summed E-state index contributed by atoms with van der Waals surface area (Å²) in [5.41, 5.74) is 1.06. The van der Waals surface area contributed by atoms with E-state index in [0.717, 1.165) is 35.6 Å². The molecule has 0 spiro atoms. The van der Waals surface area contributed by atoms with E-state index in [9.17, 15) is 0 Å². The molecule has 0 saturated heterocycles. The molecule has 0 aliphatic heterocycles. The molecule has 2 rings (SSSR count). The number of aliphatic imine (C=N–C) groups is 1. The van der Waals surface area contributed by atoms with Gasteiger partial charge in [0.2, 0.25) is 0 Å². The fourth-order valence-electron chi connectivity index (χ4n) is 1.88. The van der Waals surface area contributed by atoms with Crippen molar-refractivity contribution >= 4 is 17.3 Å². The maximum absolute atomic E-state index is 4.60. The van der Waals surface area contributed by atoms with Gasteiger partial charge >= 0.3 is 0 Å². The number of thiazole rings is 1. The SMILES string of the molecule is CCNC(=NCc1ncnn1C)N(C)Cc1csc(C)n1. The van der Waals surface area contributed by atoms with Crippen LogP contribution in [0.2, 0.25) is 0 Å². The summed E-state index contributed by atoms with van der Waals surface area (Å²) >= 11 is 1.67. The Morgan fingerprint density at radius 1 is 1.52 bits per heavy atom. The summed E-state index contributed by atoms with van der Waals surface area (Å²) in [7, 11) is 3.87. The molecule has 0 amide bonds. The van der Waals surface area contributed by atoms with Crippen LogP contribution in [0.4, 0.5) is 0 Å². The van der Waals surface area contributed by atoms with Gasteiger partial charge in [-0.3, -0.25) is 4.68 Å². The van der Waals surface area contributed by atoms with Gasteiger partial charge in [-0.05, 0) is 13.8 Å². The van der Waals surface area contributed by atoms with Crippen molar-refractivity contribution in [3.05, 3.63) is 28.2 Å². The minimum atomic E-state index is 0.499. The van der Waals surface area contributed by atoms with Crippen LogP contribution >= 0.6 is 11.3 Å².